The number of halogens is 1. The Bertz CT molecular complexity index is 610. The minimum atomic E-state index is -0.349. The summed E-state index contributed by atoms with van der Waals surface area (Å²) in [6.45, 7) is 0.363. The molecule has 0 saturated heterocycles. The number of pyridine rings is 1. The number of aromatic nitrogens is 1. The van der Waals surface area contributed by atoms with Gasteiger partial charge < -0.3 is 38.2 Å². The Morgan fingerprint density at radius 2 is 1.70 bits per heavy atom. The normalized spacial score (nSPS) is 10.8. The minimum Gasteiger partial charge on any atom is -1.00 e. The quantitative estimate of drug-likeness (QED) is 0.345. The molecule has 0 saturated carbocycles. The van der Waals surface area contributed by atoms with Gasteiger partial charge in [-0.25, -0.2) is 4.57 Å². The van der Waals surface area contributed by atoms with E-state index in [0.29, 0.717) is 6.61 Å². The van der Waals surface area contributed by atoms with Crippen molar-refractivity contribution in [3.63, 3.8) is 0 Å². The molecule has 0 fully saturated rings. The van der Waals surface area contributed by atoms with E-state index >= 15 is 0 Å². The van der Waals surface area contributed by atoms with Crippen LogP contribution in [0.2, 0.25) is 0 Å². The predicted molar refractivity (Wildman–Crippen MR) is 86.3 cm³/mol. The lowest BCUT2D eigenvalue weighted by atomic mass is 10.2. The molecule has 1 heterocycles. The number of aryl methyl sites for hydroxylation is 1. The Morgan fingerprint density at radius 1 is 1.00 bits per heavy atom. The predicted octanol–water partition coefficient (Wildman–Crippen LogP) is -0.317. The fourth-order valence-electron chi connectivity index (χ4n) is 1.96. The van der Waals surface area contributed by atoms with Crippen molar-refractivity contribution in [2.75, 3.05) is 20.8 Å². The van der Waals surface area contributed by atoms with Crippen LogP contribution in [0.4, 0.5) is 0 Å². The number of methoxy groups -OCH3 is 2. The summed E-state index contributed by atoms with van der Waals surface area (Å²) in [5.74, 6) is 0.793. The molecule has 0 unspecified atom stereocenters. The summed E-state index contributed by atoms with van der Waals surface area (Å²) < 4.78 is 17.8. The second-order valence-electron chi connectivity index (χ2n) is 4.85. The molecule has 0 aliphatic carbocycles. The molecule has 0 atom stereocenters. The summed E-state index contributed by atoms with van der Waals surface area (Å²) in [7, 11) is 5.21. The highest BCUT2D eigenvalue weighted by Crippen LogP contribution is 2.14. The van der Waals surface area contributed by atoms with Crippen molar-refractivity contribution in [3.8, 4) is 5.75 Å². The molecule has 0 spiro atoms. The molecule has 0 aliphatic rings. The van der Waals surface area contributed by atoms with Gasteiger partial charge in [-0.1, -0.05) is 12.1 Å². The highest BCUT2D eigenvalue weighted by Gasteiger charge is 2.05. The van der Waals surface area contributed by atoms with E-state index < -0.39 is 0 Å². The average molecular weight is 427 g/mol. The molecule has 0 radical (unpaired) electrons. The van der Waals surface area contributed by atoms with E-state index in [1.54, 1.807) is 14.2 Å². The largest absolute Gasteiger partial charge is 1.00 e. The fourth-order valence-corrected chi connectivity index (χ4v) is 1.96. The van der Waals surface area contributed by atoms with E-state index in [1.165, 1.54) is 0 Å². The van der Waals surface area contributed by atoms with Gasteiger partial charge in [0.2, 0.25) is 5.69 Å². The molecule has 0 bridgehead atoms. The van der Waals surface area contributed by atoms with Gasteiger partial charge in [-0.2, -0.15) is 0 Å². The van der Waals surface area contributed by atoms with Crippen LogP contribution in [0.25, 0.3) is 12.2 Å². The molecule has 1 aromatic heterocycles. The second kappa shape index (κ2) is 10.4. The minimum absolute atomic E-state index is 0. The van der Waals surface area contributed by atoms with Crippen molar-refractivity contribution in [2.45, 2.75) is 6.29 Å². The molecule has 2 aromatic rings. The van der Waals surface area contributed by atoms with Crippen LogP contribution in [0.1, 0.15) is 11.3 Å². The molecule has 4 nitrogen and oxygen atoms in total. The zero-order chi connectivity index (χ0) is 15.8. The summed E-state index contributed by atoms with van der Waals surface area (Å²) in [6, 6.07) is 14.0. The van der Waals surface area contributed by atoms with Crippen LogP contribution < -0.4 is 33.3 Å². The van der Waals surface area contributed by atoms with E-state index in [9.17, 15) is 0 Å². The first-order chi connectivity index (χ1) is 10.7. The van der Waals surface area contributed by atoms with Gasteiger partial charge in [-0.15, -0.1) is 0 Å². The van der Waals surface area contributed by atoms with Gasteiger partial charge in [-0.3, -0.25) is 0 Å². The van der Waals surface area contributed by atoms with Gasteiger partial charge in [0.05, 0.1) is 0 Å². The van der Waals surface area contributed by atoms with Crippen LogP contribution in [0, 0.1) is 0 Å². The Balaban J connectivity index is 0.00000264. The summed E-state index contributed by atoms with van der Waals surface area (Å²) in [4.78, 5) is 0. The molecule has 0 amide bonds. The lowest BCUT2D eigenvalue weighted by Crippen LogP contribution is -3.00. The molecule has 0 aliphatic heterocycles. The monoisotopic (exact) mass is 427 g/mol. The number of ether oxygens (including phenoxy) is 3. The van der Waals surface area contributed by atoms with E-state index in [2.05, 4.69) is 22.8 Å². The third kappa shape index (κ3) is 6.29. The SMILES string of the molecule is COC(COc1ccc(/C=C/c2cccc[n+]2C)cc1)OC.[I-]. The first-order valence-electron chi connectivity index (χ1n) is 7.14. The lowest BCUT2D eigenvalue weighted by molar-refractivity contribution is -0.673. The maximum atomic E-state index is 5.61. The lowest BCUT2D eigenvalue weighted by Gasteiger charge is -2.14. The molecule has 5 heteroatoms. The number of hydrogen-bond donors (Lipinski definition) is 0. The number of nitrogens with zero attached hydrogens (tertiary/aromatic N) is 1. The van der Waals surface area contributed by atoms with Gasteiger partial charge in [0.25, 0.3) is 0 Å². The van der Waals surface area contributed by atoms with Crippen LogP contribution in [0.3, 0.4) is 0 Å². The van der Waals surface area contributed by atoms with E-state index in [-0.39, 0.29) is 30.3 Å². The van der Waals surface area contributed by atoms with Gasteiger partial charge in [0, 0.05) is 32.4 Å². The van der Waals surface area contributed by atoms with Crippen molar-refractivity contribution in [3.05, 3.63) is 59.9 Å². The maximum absolute atomic E-state index is 5.61. The van der Waals surface area contributed by atoms with Crippen LogP contribution >= 0.6 is 0 Å². The Morgan fingerprint density at radius 3 is 2.30 bits per heavy atom. The van der Waals surface area contributed by atoms with Gasteiger partial charge in [-0.05, 0) is 29.8 Å². The van der Waals surface area contributed by atoms with Gasteiger partial charge >= 0.3 is 0 Å². The number of benzene rings is 1. The summed E-state index contributed by atoms with van der Waals surface area (Å²) in [6.07, 6.45) is 5.84. The molecule has 1 aromatic carbocycles. The fraction of sp³-hybridized carbons (Fsp3) is 0.278. The van der Waals surface area contributed by atoms with Crippen LogP contribution in [-0.4, -0.2) is 27.1 Å². The molecule has 23 heavy (non-hydrogen) atoms. The molecule has 2 rings (SSSR count). The van der Waals surface area contributed by atoms with Crippen LogP contribution in [0.15, 0.2) is 48.7 Å². The third-order valence-electron chi connectivity index (χ3n) is 3.33. The van der Waals surface area contributed by atoms with E-state index in [0.717, 1.165) is 17.0 Å². The second-order valence-corrected chi connectivity index (χ2v) is 4.85. The topological polar surface area (TPSA) is 31.6 Å². The molecule has 124 valence electrons. The standard InChI is InChI=1S/C18H22NO3.HI/c1-19-13-5-4-6-16(19)10-7-15-8-11-17(12-9-15)22-14-18(20-2)21-3;/h4-13,18H,14H2,1-3H3;1H/q+1;/p-1/b10-7+;. The van der Waals surface area contributed by atoms with Crippen molar-refractivity contribution < 1.29 is 42.8 Å². The first kappa shape index (κ1) is 19.6. The Labute approximate surface area is 154 Å². The highest BCUT2D eigenvalue weighted by atomic mass is 127. The van der Waals surface area contributed by atoms with Crippen LogP contribution in [0.5, 0.6) is 5.75 Å². The van der Waals surface area contributed by atoms with Gasteiger partial charge in [0.15, 0.2) is 12.5 Å². The smallest absolute Gasteiger partial charge is 0.204 e. The van der Waals surface area contributed by atoms with Crippen molar-refractivity contribution in [1.82, 2.24) is 0 Å². The van der Waals surface area contributed by atoms with Crippen LogP contribution in [-0.2, 0) is 16.5 Å². The van der Waals surface area contributed by atoms with E-state index in [4.69, 9.17) is 14.2 Å². The molecular formula is C18H22INO3. The van der Waals surface area contributed by atoms with Crippen molar-refractivity contribution in [1.29, 1.82) is 0 Å². The number of hydrogen-bond acceptors (Lipinski definition) is 3. The zero-order valence-electron chi connectivity index (χ0n) is 13.6. The maximum Gasteiger partial charge on any atom is 0.204 e. The van der Waals surface area contributed by atoms with Crippen molar-refractivity contribution >= 4 is 12.2 Å². The first-order valence-corrected chi connectivity index (χ1v) is 7.14. The molecule has 0 N–H and O–H groups in total. The number of rotatable bonds is 7. The Kier molecular flexibility index (Phi) is 8.83. The van der Waals surface area contributed by atoms with Crippen molar-refractivity contribution in [2.24, 2.45) is 7.05 Å². The summed E-state index contributed by atoms with van der Waals surface area (Å²) in [5, 5.41) is 0. The average Bonchev–Trinajstić information content (AvgIpc) is 2.56. The zero-order valence-corrected chi connectivity index (χ0v) is 15.8. The van der Waals surface area contributed by atoms with Gasteiger partial charge in [0.1, 0.15) is 19.4 Å². The third-order valence-corrected chi connectivity index (χ3v) is 3.33. The Hall–Kier alpha value is -1.44. The summed E-state index contributed by atoms with van der Waals surface area (Å²) >= 11 is 0. The summed E-state index contributed by atoms with van der Waals surface area (Å²) in [5.41, 5.74) is 2.26. The molecular weight excluding hydrogens is 405 g/mol. The highest BCUT2D eigenvalue weighted by molar-refractivity contribution is 5.67. The van der Waals surface area contributed by atoms with E-state index in [1.807, 2.05) is 49.6 Å².